The molecular formula is C39H77NO16P2. The maximum Gasteiger partial charge on any atom is 0.472 e. The molecule has 0 aromatic carbocycles. The minimum Gasteiger partial charge on any atom is -0.456 e. The van der Waals surface area contributed by atoms with Crippen molar-refractivity contribution in [3.05, 3.63) is 0 Å². The number of ether oxygens (including phenoxy) is 2. The first-order valence-electron chi connectivity index (χ1n) is 18.5. The highest BCUT2D eigenvalue weighted by Crippen LogP contribution is 2.48. The van der Waals surface area contributed by atoms with Gasteiger partial charge in [-0.1, -0.05) is 89.9 Å². The highest BCUT2D eigenvalue weighted by Gasteiger charge is 2.54. The van der Waals surface area contributed by atoms with Crippen molar-refractivity contribution in [3.63, 3.8) is 0 Å². The molecule has 0 amide bonds. The van der Waals surface area contributed by atoms with Crippen LogP contribution in [0.3, 0.4) is 0 Å². The Morgan fingerprint density at radius 1 is 0.621 bits per heavy atom. The maximum absolute atomic E-state index is 12.8. The third-order valence-electron chi connectivity index (χ3n) is 8.02. The highest BCUT2D eigenvalue weighted by atomic mass is 31.2. The fourth-order valence-corrected chi connectivity index (χ4v) is 6.74. The van der Waals surface area contributed by atoms with Gasteiger partial charge in [0.1, 0.15) is 43.2 Å². The van der Waals surface area contributed by atoms with Gasteiger partial charge in [-0.25, -0.2) is 13.9 Å². The Kier molecular flexibility index (Phi) is 29.3. The predicted octanol–water partition coefficient (Wildman–Crippen LogP) is 5.27. The summed E-state index contributed by atoms with van der Waals surface area (Å²) in [5.41, 5.74) is 0. The quantitative estimate of drug-likeness (QED) is 0.0201. The zero-order valence-electron chi connectivity index (χ0n) is 32.8. The van der Waals surface area contributed by atoms with Crippen molar-refractivity contribution in [2.24, 2.45) is 0 Å². The number of rotatable bonds is 24. The number of unbranched alkanes of at least 4 members (excludes halogenated alkanes) is 12. The Morgan fingerprint density at radius 3 is 1.48 bits per heavy atom. The summed E-state index contributed by atoms with van der Waals surface area (Å²) >= 11 is 0. The van der Waals surface area contributed by atoms with Gasteiger partial charge >= 0.3 is 27.6 Å². The lowest BCUT2D eigenvalue weighted by molar-refractivity contribution is -0.216. The molecule has 4 unspecified atom stereocenters. The number of phosphoric acid groups is 2. The van der Waals surface area contributed by atoms with E-state index in [1.165, 1.54) is 44.9 Å². The zero-order chi connectivity index (χ0) is 42.5. The largest absolute Gasteiger partial charge is 0.472 e. The number of hydrogen-bond acceptors (Lipinski definition) is 14. The van der Waals surface area contributed by atoms with Crippen LogP contribution in [0.1, 0.15) is 119 Å². The molecule has 0 bridgehead atoms. The maximum atomic E-state index is 12.8. The molecule has 0 saturated heterocycles. The van der Waals surface area contributed by atoms with Crippen LogP contribution < -0.4 is 6.15 Å². The average Bonchev–Trinajstić information content (AvgIpc) is 3.16. The second-order valence-corrected chi connectivity index (χ2v) is 15.3. The topological polar surface area (TPSA) is 291 Å². The summed E-state index contributed by atoms with van der Waals surface area (Å²) in [5.74, 6) is 26.7. The molecule has 1 aliphatic carbocycles. The monoisotopic (exact) mass is 877 g/mol. The summed E-state index contributed by atoms with van der Waals surface area (Å²) in [4.78, 5) is 53.2. The molecule has 344 valence electrons. The lowest BCUT2D eigenvalue weighted by Crippen LogP contribution is -2.64. The van der Waals surface area contributed by atoms with Crippen molar-refractivity contribution in [1.29, 1.82) is 0 Å². The second-order valence-electron chi connectivity index (χ2n) is 12.7. The Morgan fingerprint density at radius 2 is 1.03 bits per heavy atom. The lowest BCUT2D eigenvalue weighted by Gasteiger charge is -2.43. The van der Waals surface area contributed by atoms with Gasteiger partial charge in [-0.3, -0.25) is 18.4 Å². The Hall–Kier alpha value is -3.68. The van der Waals surface area contributed by atoms with E-state index in [4.69, 9.17) is 28.3 Å². The predicted molar refractivity (Wildman–Crippen MR) is 233 cm³/mol. The van der Waals surface area contributed by atoms with Crippen LogP contribution in [-0.2, 0) is 41.8 Å². The van der Waals surface area contributed by atoms with E-state index >= 15 is 0 Å². The van der Waals surface area contributed by atoms with E-state index < -0.39 is 83.5 Å². The van der Waals surface area contributed by atoms with Gasteiger partial charge in [-0.15, -0.1) is 0 Å². The molecule has 19 heteroatoms. The summed E-state index contributed by atoms with van der Waals surface area (Å²) in [6.07, 6.45) is -0.999. The average molecular weight is 878 g/mol. The molecule has 1 rings (SSSR count). The van der Waals surface area contributed by atoms with E-state index in [0.717, 1.165) is 32.1 Å². The van der Waals surface area contributed by atoms with Crippen LogP contribution in [0.5, 0.6) is 0 Å². The third kappa shape index (κ3) is 25.6. The van der Waals surface area contributed by atoms with E-state index in [2.05, 4.69) is 82.5 Å². The number of phosphoric ester groups is 2. The number of aliphatic hydroxyl groups is 4. The number of carbonyl (C=O) groups is 2. The van der Waals surface area contributed by atoms with Crippen LogP contribution in [0.25, 0.3) is 0 Å². The van der Waals surface area contributed by atoms with Gasteiger partial charge in [0, 0.05) is 28.0 Å². The van der Waals surface area contributed by atoms with Crippen molar-refractivity contribution >= 4 is 27.6 Å². The van der Waals surface area contributed by atoms with Crippen LogP contribution in [0.2, 0.25) is 0 Å². The van der Waals surface area contributed by atoms with Crippen LogP contribution >= 0.6 is 15.6 Å². The van der Waals surface area contributed by atoms with E-state index in [1.54, 1.807) is 6.92 Å². The number of hydrogen-bond donors (Lipinski definition) is 8. The lowest BCUT2D eigenvalue weighted by atomic mass is 9.85. The SMILES string of the molecule is CC#CC#CC#CC#CC#CC#CC(=O)OC[C@H](COP(=O)(O)OC1C(O)[C@@H](O)C(OP(=O)(O)O)[C@@H](O)[C@H]1O)OC(=O)CCCCCCCCCCCCCCC.N.[HH].[HH].[HH].[HH].[HH].[HH].[HH].[HH].[HH].[HH].[HH]. The molecule has 1 fully saturated rings. The molecule has 0 heterocycles. The highest BCUT2D eigenvalue weighted by molar-refractivity contribution is 7.47. The molecule has 0 radical (unpaired) electrons. The molecule has 0 aromatic rings. The molecule has 8 atom stereocenters. The molecule has 0 spiro atoms. The summed E-state index contributed by atoms with van der Waals surface area (Å²) < 4.78 is 48.2. The molecule has 17 nitrogen and oxygen atoms in total. The van der Waals surface area contributed by atoms with Crippen LogP contribution in [0, 0.1) is 71.0 Å². The van der Waals surface area contributed by atoms with Crippen molar-refractivity contribution in [3.8, 4) is 71.0 Å². The van der Waals surface area contributed by atoms with Gasteiger partial charge in [0.25, 0.3) is 0 Å². The minimum absolute atomic E-state index is 0. The molecule has 1 aliphatic rings. The normalized spacial score (nSPS) is 20.8. The molecule has 58 heavy (non-hydrogen) atoms. The van der Waals surface area contributed by atoms with Gasteiger partial charge in [0.15, 0.2) is 6.10 Å². The molecule has 1 saturated carbocycles. The molecule has 10 N–H and O–H groups in total. The van der Waals surface area contributed by atoms with Crippen molar-refractivity contribution in [2.75, 3.05) is 13.2 Å². The fourth-order valence-electron chi connectivity index (χ4n) is 5.20. The Balaban J connectivity index is -0.000000271. The fraction of sp³-hybridized carbons (Fsp3) is 0.641. The van der Waals surface area contributed by atoms with Crippen molar-refractivity contribution in [1.82, 2.24) is 6.15 Å². The van der Waals surface area contributed by atoms with Crippen molar-refractivity contribution < 1.29 is 92.6 Å². The first-order valence-corrected chi connectivity index (χ1v) is 21.5. The van der Waals surface area contributed by atoms with Gasteiger partial charge < -0.3 is 50.7 Å². The second kappa shape index (κ2) is 31.3. The van der Waals surface area contributed by atoms with Gasteiger partial charge in [-0.05, 0) is 72.5 Å². The van der Waals surface area contributed by atoms with E-state index in [9.17, 15) is 44.0 Å². The summed E-state index contributed by atoms with van der Waals surface area (Å²) in [5, 5.41) is 41.2. The van der Waals surface area contributed by atoms with Crippen LogP contribution in [-0.4, -0.2) is 103 Å². The smallest absolute Gasteiger partial charge is 0.456 e. The summed E-state index contributed by atoms with van der Waals surface area (Å²) in [6, 6.07) is 0. The third-order valence-corrected chi connectivity index (χ3v) is 9.52. The molecular weight excluding hydrogens is 800 g/mol. The summed E-state index contributed by atoms with van der Waals surface area (Å²) in [7, 11) is -10.7. The van der Waals surface area contributed by atoms with E-state index in [0.29, 0.717) is 6.42 Å². The molecule has 0 aliphatic heterocycles. The van der Waals surface area contributed by atoms with Gasteiger partial charge in [0.05, 0.1) is 6.61 Å². The van der Waals surface area contributed by atoms with Gasteiger partial charge in [-0.2, -0.15) is 0 Å². The Labute approximate surface area is 357 Å². The standard InChI is InChI=1S/C39H52O16P2.H3N.11H2/c1-3-5-7-9-11-13-15-16-18-20-22-24-26-28-33(41)53-31(29-51-32(40)27-25-23-21-19-17-14-12-10-8-6-4-2)30-52-57(49,50)55-39-36(44)34(42)38(35(43)37(39)45)54-56(46,47)48;;;;;;;;;;;;/h31,34-39,42-45H,3,5,7,9,11,13,15-16,18,20,22,24,26,28-30H2,1-2H3,(H,49,50)(H2,46,47,48);1H3;11*1H/t31-,34-,35+,36?,37-,38?,39?;;;;;;;;;;;;/m1............/s1. The summed E-state index contributed by atoms with van der Waals surface area (Å²) in [6.45, 7) is 2.18. The van der Waals surface area contributed by atoms with Crippen molar-refractivity contribution in [2.45, 2.75) is 146 Å². The van der Waals surface area contributed by atoms with E-state index in [1.807, 2.05) is 0 Å². The minimum atomic E-state index is -5.34. The van der Waals surface area contributed by atoms with Crippen LogP contribution in [0.15, 0.2) is 0 Å². The number of carbonyl (C=O) groups excluding carboxylic acids is 2. The van der Waals surface area contributed by atoms with Crippen LogP contribution in [0.4, 0.5) is 0 Å². The zero-order valence-corrected chi connectivity index (χ0v) is 34.6. The van der Waals surface area contributed by atoms with Gasteiger partial charge in [0.2, 0.25) is 0 Å². The number of esters is 2. The first-order chi connectivity index (χ1) is 27.1. The Bertz CT molecular complexity index is 1780. The van der Waals surface area contributed by atoms with E-state index in [-0.39, 0.29) is 28.3 Å². The first kappa shape index (κ1) is 54.3. The number of aliphatic hydroxyl groups excluding tert-OH is 4. The molecule has 0 aromatic heterocycles.